The first kappa shape index (κ1) is 15.5. The minimum absolute atomic E-state index is 0.266. The summed E-state index contributed by atoms with van der Waals surface area (Å²) in [6.07, 6.45) is 0. The van der Waals surface area contributed by atoms with Crippen LogP contribution in [0.1, 0.15) is 4.88 Å². The molecule has 0 bridgehead atoms. The summed E-state index contributed by atoms with van der Waals surface area (Å²) in [6, 6.07) is 9.79. The van der Waals surface area contributed by atoms with E-state index in [1.54, 1.807) is 18.2 Å². The molecule has 1 aliphatic rings. The van der Waals surface area contributed by atoms with Crippen LogP contribution in [0, 0.1) is 12.7 Å². The molecule has 4 nitrogen and oxygen atoms in total. The summed E-state index contributed by atoms with van der Waals surface area (Å²) in [6.45, 7) is 3.99. The van der Waals surface area contributed by atoms with E-state index in [-0.39, 0.29) is 5.82 Å². The molecule has 0 N–H and O–H groups in total. The SMILES string of the molecule is Cc1ccc(S(=O)(=O)N2CCN(c3ccc(F)cc3)CC2)s1. The van der Waals surface area contributed by atoms with E-state index in [1.807, 2.05) is 13.0 Å². The van der Waals surface area contributed by atoms with Crippen LogP contribution in [-0.2, 0) is 10.0 Å². The van der Waals surface area contributed by atoms with Crippen LogP contribution in [0.15, 0.2) is 40.6 Å². The number of hydrogen-bond donors (Lipinski definition) is 0. The number of rotatable bonds is 3. The summed E-state index contributed by atoms with van der Waals surface area (Å²) in [4.78, 5) is 3.06. The molecule has 7 heteroatoms. The van der Waals surface area contributed by atoms with E-state index in [9.17, 15) is 12.8 Å². The maximum atomic E-state index is 13.0. The molecule has 0 atom stereocenters. The lowest BCUT2D eigenvalue weighted by Crippen LogP contribution is -2.48. The molecule has 1 fully saturated rings. The first-order chi connectivity index (χ1) is 10.5. The second-order valence-electron chi connectivity index (χ2n) is 5.23. The fourth-order valence-corrected chi connectivity index (χ4v) is 5.38. The summed E-state index contributed by atoms with van der Waals surface area (Å²) < 4.78 is 40.0. The van der Waals surface area contributed by atoms with Crippen LogP contribution in [0.25, 0.3) is 0 Å². The van der Waals surface area contributed by atoms with E-state index in [2.05, 4.69) is 4.90 Å². The molecule has 0 amide bonds. The van der Waals surface area contributed by atoms with Gasteiger partial charge in [0.05, 0.1) is 0 Å². The molecule has 2 heterocycles. The van der Waals surface area contributed by atoms with Gasteiger partial charge in [0.15, 0.2) is 0 Å². The molecule has 2 aromatic rings. The maximum Gasteiger partial charge on any atom is 0.252 e. The van der Waals surface area contributed by atoms with Gasteiger partial charge in [-0.15, -0.1) is 11.3 Å². The summed E-state index contributed by atoms with van der Waals surface area (Å²) in [5.41, 5.74) is 0.922. The monoisotopic (exact) mass is 340 g/mol. The highest BCUT2D eigenvalue weighted by molar-refractivity contribution is 7.91. The van der Waals surface area contributed by atoms with Crippen molar-refractivity contribution in [3.63, 3.8) is 0 Å². The number of nitrogens with zero attached hydrogens (tertiary/aromatic N) is 2. The largest absolute Gasteiger partial charge is 0.369 e. The van der Waals surface area contributed by atoms with E-state index >= 15 is 0 Å². The fourth-order valence-electron chi connectivity index (χ4n) is 2.52. The molecule has 1 aromatic heterocycles. The van der Waals surface area contributed by atoms with Gasteiger partial charge in [0.2, 0.25) is 0 Å². The van der Waals surface area contributed by atoms with Gasteiger partial charge < -0.3 is 4.90 Å². The Morgan fingerprint density at radius 1 is 1.00 bits per heavy atom. The molecule has 1 aliphatic heterocycles. The third kappa shape index (κ3) is 3.02. The van der Waals surface area contributed by atoms with Crippen molar-refractivity contribution in [1.82, 2.24) is 4.31 Å². The van der Waals surface area contributed by atoms with Crippen molar-refractivity contribution < 1.29 is 12.8 Å². The molecule has 0 saturated carbocycles. The molecular formula is C15H17FN2O2S2. The lowest BCUT2D eigenvalue weighted by atomic mass is 10.2. The number of benzene rings is 1. The van der Waals surface area contributed by atoms with Gasteiger partial charge in [-0.2, -0.15) is 4.31 Å². The van der Waals surface area contributed by atoms with Gasteiger partial charge in [-0.1, -0.05) is 0 Å². The Morgan fingerprint density at radius 3 is 2.18 bits per heavy atom. The predicted molar refractivity (Wildman–Crippen MR) is 86.4 cm³/mol. The van der Waals surface area contributed by atoms with Crippen molar-refractivity contribution in [2.45, 2.75) is 11.1 Å². The zero-order chi connectivity index (χ0) is 15.7. The number of aryl methyl sites for hydroxylation is 1. The lowest BCUT2D eigenvalue weighted by molar-refractivity contribution is 0.386. The second kappa shape index (κ2) is 5.98. The first-order valence-electron chi connectivity index (χ1n) is 7.04. The first-order valence-corrected chi connectivity index (χ1v) is 9.29. The van der Waals surface area contributed by atoms with Crippen LogP contribution in [0.3, 0.4) is 0 Å². The van der Waals surface area contributed by atoms with Crippen molar-refractivity contribution in [1.29, 1.82) is 0 Å². The standard InChI is InChI=1S/C15H17FN2O2S2/c1-12-2-7-15(21-12)22(19,20)18-10-8-17(9-11-18)14-5-3-13(16)4-6-14/h2-7H,8-11H2,1H3. The normalized spacial score (nSPS) is 16.9. The van der Waals surface area contributed by atoms with Crippen LogP contribution in [0.4, 0.5) is 10.1 Å². The Hall–Kier alpha value is -1.44. The molecule has 118 valence electrons. The second-order valence-corrected chi connectivity index (χ2v) is 8.69. The average molecular weight is 340 g/mol. The number of sulfonamides is 1. The average Bonchev–Trinajstić information content (AvgIpc) is 2.96. The molecule has 1 aromatic carbocycles. The Morgan fingerprint density at radius 2 is 1.64 bits per heavy atom. The van der Waals surface area contributed by atoms with E-state index in [0.29, 0.717) is 30.4 Å². The lowest BCUT2D eigenvalue weighted by Gasteiger charge is -2.35. The molecule has 22 heavy (non-hydrogen) atoms. The van der Waals surface area contributed by atoms with Gasteiger partial charge in [0, 0.05) is 36.7 Å². The predicted octanol–water partition coefficient (Wildman–Crippen LogP) is 2.71. The highest BCUT2D eigenvalue weighted by atomic mass is 32.2. The van der Waals surface area contributed by atoms with Crippen LogP contribution >= 0.6 is 11.3 Å². The zero-order valence-corrected chi connectivity index (χ0v) is 13.8. The number of halogens is 1. The molecule has 0 spiro atoms. The van der Waals surface area contributed by atoms with Gasteiger partial charge in [-0.3, -0.25) is 0 Å². The summed E-state index contributed by atoms with van der Waals surface area (Å²) in [7, 11) is -3.39. The highest BCUT2D eigenvalue weighted by Gasteiger charge is 2.29. The molecule has 0 unspecified atom stereocenters. The summed E-state index contributed by atoms with van der Waals surface area (Å²) in [5, 5.41) is 0. The van der Waals surface area contributed by atoms with Crippen molar-refractivity contribution in [3.8, 4) is 0 Å². The van der Waals surface area contributed by atoms with Crippen molar-refractivity contribution in [2.75, 3.05) is 31.1 Å². The van der Waals surface area contributed by atoms with Crippen LogP contribution < -0.4 is 4.90 Å². The number of hydrogen-bond acceptors (Lipinski definition) is 4. The fraction of sp³-hybridized carbons (Fsp3) is 0.333. The summed E-state index contributed by atoms with van der Waals surface area (Å²) in [5.74, 6) is -0.266. The Labute approximate surface area is 133 Å². The third-order valence-electron chi connectivity index (χ3n) is 3.74. The maximum absolute atomic E-state index is 13.0. The molecular weight excluding hydrogens is 323 g/mol. The van der Waals surface area contributed by atoms with E-state index in [4.69, 9.17) is 0 Å². The molecule has 1 saturated heterocycles. The van der Waals surface area contributed by atoms with Gasteiger partial charge in [0.25, 0.3) is 10.0 Å². The van der Waals surface area contributed by atoms with E-state index in [0.717, 1.165) is 10.6 Å². The number of anilines is 1. The minimum atomic E-state index is -3.39. The van der Waals surface area contributed by atoms with Crippen LogP contribution in [0.2, 0.25) is 0 Å². The summed E-state index contributed by atoms with van der Waals surface area (Å²) >= 11 is 1.30. The molecule has 0 radical (unpaired) electrons. The quantitative estimate of drug-likeness (QED) is 0.863. The topological polar surface area (TPSA) is 40.6 Å². The Balaban J connectivity index is 1.70. The third-order valence-corrected chi connectivity index (χ3v) is 7.11. The van der Waals surface area contributed by atoms with E-state index in [1.165, 1.54) is 27.8 Å². The van der Waals surface area contributed by atoms with Crippen molar-refractivity contribution >= 4 is 27.0 Å². The van der Waals surface area contributed by atoms with Gasteiger partial charge in [0.1, 0.15) is 10.0 Å². The number of piperazine rings is 1. The molecule has 0 aliphatic carbocycles. The minimum Gasteiger partial charge on any atom is -0.369 e. The number of thiophene rings is 1. The van der Waals surface area contributed by atoms with Crippen molar-refractivity contribution in [3.05, 3.63) is 47.1 Å². The highest BCUT2D eigenvalue weighted by Crippen LogP contribution is 2.26. The molecule has 3 rings (SSSR count). The van der Waals surface area contributed by atoms with Crippen molar-refractivity contribution in [2.24, 2.45) is 0 Å². The Kier molecular flexibility index (Phi) is 4.20. The van der Waals surface area contributed by atoms with Gasteiger partial charge in [-0.05, 0) is 43.3 Å². The van der Waals surface area contributed by atoms with Crippen LogP contribution in [0.5, 0.6) is 0 Å². The van der Waals surface area contributed by atoms with Crippen LogP contribution in [-0.4, -0.2) is 38.9 Å². The Bertz CT molecular complexity index is 748. The zero-order valence-electron chi connectivity index (χ0n) is 12.2. The van der Waals surface area contributed by atoms with Gasteiger partial charge >= 0.3 is 0 Å². The van der Waals surface area contributed by atoms with E-state index < -0.39 is 10.0 Å². The van der Waals surface area contributed by atoms with Gasteiger partial charge in [-0.25, -0.2) is 12.8 Å². The smallest absolute Gasteiger partial charge is 0.252 e.